The van der Waals surface area contributed by atoms with Gasteiger partial charge in [-0.25, -0.2) is 0 Å². The van der Waals surface area contributed by atoms with Gasteiger partial charge in [0.2, 0.25) is 0 Å². The Morgan fingerprint density at radius 1 is 1.29 bits per heavy atom. The number of hydrogen-bond donors (Lipinski definition) is 0. The zero-order valence-corrected chi connectivity index (χ0v) is 12.4. The first kappa shape index (κ1) is 13.4. The molecule has 0 aromatic heterocycles. The van der Waals surface area contributed by atoms with Crippen LogP contribution in [0.4, 0.5) is 0 Å². The number of hydrogen-bond acceptors (Lipinski definition) is 1. The molecule has 1 nitrogen and oxygen atoms in total. The van der Waals surface area contributed by atoms with Gasteiger partial charge >= 0.3 is 0 Å². The average molecular weight is 318 g/mol. The monoisotopic (exact) mass is 316 g/mol. The summed E-state index contributed by atoms with van der Waals surface area (Å²) in [4.78, 5) is 0. The summed E-state index contributed by atoms with van der Waals surface area (Å²) in [6.45, 7) is 2.95. The molecule has 1 aromatic rings. The van der Waals surface area contributed by atoms with Crippen LogP contribution in [0.15, 0.2) is 22.7 Å². The van der Waals surface area contributed by atoms with Crippen molar-refractivity contribution in [1.82, 2.24) is 0 Å². The number of halogens is 2. The molecule has 1 aliphatic rings. The lowest BCUT2D eigenvalue weighted by molar-refractivity contribution is 0.00880. The van der Waals surface area contributed by atoms with Crippen molar-refractivity contribution in [3.8, 4) is 0 Å². The predicted molar refractivity (Wildman–Crippen MR) is 75.4 cm³/mol. The van der Waals surface area contributed by atoms with Crippen LogP contribution in [0.2, 0.25) is 5.02 Å². The lowest BCUT2D eigenvalue weighted by Crippen LogP contribution is -2.20. The van der Waals surface area contributed by atoms with E-state index in [-0.39, 0.29) is 0 Å². The second kappa shape index (κ2) is 6.21. The van der Waals surface area contributed by atoms with Gasteiger partial charge in [-0.1, -0.05) is 40.5 Å². The van der Waals surface area contributed by atoms with E-state index >= 15 is 0 Å². The zero-order valence-electron chi connectivity index (χ0n) is 10.1. The molecule has 2 rings (SSSR count). The number of rotatable bonds is 3. The maximum Gasteiger partial charge on any atom is 0.0735 e. The fourth-order valence-corrected chi connectivity index (χ4v) is 2.97. The molecule has 0 saturated heterocycles. The van der Waals surface area contributed by atoms with Gasteiger partial charge in [0.1, 0.15) is 0 Å². The average Bonchev–Trinajstić information content (AvgIpc) is 2.30. The van der Waals surface area contributed by atoms with Gasteiger partial charge in [-0.15, -0.1) is 0 Å². The first-order chi connectivity index (χ1) is 8.15. The Kier molecular flexibility index (Phi) is 4.89. The first-order valence-corrected chi connectivity index (χ1v) is 7.38. The van der Waals surface area contributed by atoms with E-state index in [1.54, 1.807) is 0 Å². The molecule has 0 N–H and O–H groups in total. The van der Waals surface area contributed by atoms with Crippen LogP contribution in [0.25, 0.3) is 0 Å². The van der Waals surface area contributed by atoms with Crippen molar-refractivity contribution in [2.24, 2.45) is 5.92 Å². The molecule has 0 amide bonds. The van der Waals surface area contributed by atoms with Crippen molar-refractivity contribution < 1.29 is 4.74 Å². The maximum atomic E-state index is 6.16. The van der Waals surface area contributed by atoms with E-state index in [0.717, 1.165) is 21.0 Å². The third-order valence-corrected chi connectivity index (χ3v) is 4.30. The van der Waals surface area contributed by atoms with Gasteiger partial charge in [0.15, 0.2) is 0 Å². The Bertz CT molecular complexity index is 372. The standard InChI is InChI=1S/C14H18BrClO/c1-10-2-6-13(7-3-10)17-9-11-4-5-12(15)8-14(11)16/h4-5,8,10,13H,2-3,6-7,9H2,1H3. The second-order valence-corrected chi connectivity index (χ2v) is 6.25. The molecule has 1 aromatic carbocycles. The molecule has 3 heteroatoms. The number of ether oxygens (including phenoxy) is 1. The van der Waals surface area contributed by atoms with Gasteiger partial charge in [-0.3, -0.25) is 0 Å². The first-order valence-electron chi connectivity index (χ1n) is 6.20. The summed E-state index contributed by atoms with van der Waals surface area (Å²) in [6, 6.07) is 5.95. The van der Waals surface area contributed by atoms with Crippen LogP contribution in [-0.4, -0.2) is 6.10 Å². The van der Waals surface area contributed by atoms with Crippen LogP contribution in [0.1, 0.15) is 38.2 Å². The summed E-state index contributed by atoms with van der Waals surface area (Å²) in [5.41, 5.74) is 1.08. The quantitative estimate of drug-likeness (QED) is 0.744. The van der Waals surface area contributed by atoms with Crippen LogP contribution in [0.3, 0.4) is 0 Å². The minimum Gasteiger partial charge on any atom is -0.373 e. The van der Waals surface area contributed by atoms with E-state index in [9.17, 15) is 0 Å². The molecule has 0 unspecified atom stereocenters. The highest BCUT2D eigenvalue weighted by Gasteiger charge is 2.18. The van der Waals surface area contributed by atoms with Gasteiger partial charge in [0.25, 0.3) is 0 Å². The van der Waals surface area contributed by atoms with E-state index < -0.39 is 0 Å². The van der Waals surface area contributed by atoms with E-state index in [0.29, 0.717) is 12.7 Å². The number of benzene rings is 1. The summed E-state index contributed by atoms with van der Waals surface area (Å²) < 4.78 is 6.95. The van der Waals surface area contributed by atoms with Crippen molar-refractivity contribution in [1.29, 1.82) is 0 Å². The summed E-state index contributed by atoms with van der Waals surface area (Å²) in [5, 5.41) is 0.781. The van der Waals surface area contributed by atoms with Gasteiger partial charge in [0, 0.05) is 9.50 Å². The second-order valence-electron chi connectivity index (χ2n) is 4.93. The van der Waals surface area contributed by atoms with E-state index in [2.05, 4.69) is 22.9 Å². The van der Waals surface area contributed by atoms with Gasteiger partial charge in [0.05, 0.1) is 12.7 Å². The van der Waals surface area contributed by atoms with Crippen LogP contribution in [0, 0.1) is 5.92 Å². The minimum absolute atomic E-state index is 0.422. The summed E-state index contributed by atoms with van der Waals surface area (Å²) in [7, 11) is 0. The van der Waals surface area contributed by atoms with Crippen LogP contribution >= 0.6 is 27.5 Å². The third-order valence-electron chi connectivity index (χ3n) is 3.45. The smallest absolute Gasteiger partial charge is 0.0735 e. The fraction of sp³-hybridized carbons (Fsp3) is 0.571. The Balaban J connectivity index is 1.85. The summed E-state index contributed by atoms with van der Waals surface area (Å²) in [6.07, 6.45) is 5.38. The molecule has 1 saturated carbocycles. The Hall–Kier alpha value is -0.0500. The van der Waals surface area contributed by atoms with Crippen molar-refractivity contribution in [2.45, 2.75) is 45.3 Å². The van der Waals surface area contributed by atoms with Crippen LogP contribution < -0.4 is 0 Å². The lowest BCUT2D eigenvalue weighted by Gasteiger charge is -2.26. The molecule has 0 heterocycles. The normalized spacial score (nSPS) is 24.9. The molecular formula is C14H18BrClO. The van der Waals surface area contributed by atoms with Crippen molar-refractivity contribution >= 4 is 27.5 Å². The molecule has 0 radical (unpaired) electrons. The molecule has 1 fully saturated rings. The third kappa shape index (κ3) is 3.97. The summed E-state index contributed by atoms with van der Waals surface area (Å²) in [5.74, 6) is 0.867. The van der Waals surface area contributed by atoms with Crippen molar-refractivity contribution in [2.75, 3.05) is 0 Å². The zero-order chi connectivity index (χ0) is 12.3. The molecule has 0 aliphatic heterocycles. The van der Waals surface area contributed by atoms with Gasteiger partial charge in [-0.05, 0) is 49.3 Å². The molecule has 1 aliphatic carbocycles. The molecular weight excluding hydrogens is 300 g/mol. The van der Waals surface area contributed by atoms with E-state index in [1.807, 2.05) is 18.2 Å². The highest BCUT2D eigenvalue weighted by atomic mass is 79.9. The highest BCUT2D eigenvalue weighted by Crippen LogP contribution is 2.27. The van der Waals surface area contributed by atoms with E-state index in [4.69, 9.17) is 16.3 Å². The Morgan fingerprint density at radius 3 is 2.65 bits per heavy atom. The minimum atomic E-state index is 0.422. The SMILES string of the molecule is CC1CCC(OCc2ccc(Br)cc2Cl)CC1. The van der Waals surface area contributed by atoms with Crippen LogP contribution in [0.5, 0.6) is 0 Å². The fourth-order valence-electron chi connectivity index (χ4n) is 2.24. The van der Waals surface area contributed by atoms with Crippen LogP contribution in [-0.2, 0) is 11.3 Å². The highest BCUT2D eigenvalue weighted by molar-refractivity contribution is 9.10. The predicted octanol–water partition coefficient (Wildman–Crippen LogP) is 5.20. The molecule has 17 heavy (non-hydrogen) atoms. The molecule has 94 valence electrons. The largest absolute Gasteiger partial charge is 0.373 e. The lowest BCUT2D eigenvalue weighted by atomic mass is 9.89. The van der Waals surface area contributed by atoms with Gasteiger partial charge < -0.3 is 4.74 Å². The maximum absolute atomic E-state index is 6.16. The Morgan fingerprint density at radius 2 is 2.00 bits per heavy atom. The summed E-state index contributed by atoms with van der Waals surface area (Å²) >= 11 is 9.57. The van der Waals surface area contributed by atoms with Crippen molar-refractivity contribution in [3.63, 3.8) is 0 Å². The molecule has 0 spiro atoms. The topological polar surface area (TPSA) is 9.23 Å². The Labute approximate surface area is 117 Å². The molecule has 0 bridgehead atoms. The molecule has 0 atom stereocenters. The van der Waals surface area contributed by atoms with Crippen molar-refractivity contribution in [3.05, 3.63) is 33.3 Å². The van der Waals surface area contributed by atoms with E-state index in [1.165, 1.54) is 25.7 Å². The van der Waals surface area contributed by atoms with Gasteiger partial charge in [-0.2, -0.15) is 0 Å².